The van der Waals surface area contributed by atoms with E-state index in [1.807, 2.05) is 11.8 Å². The van der Waals surface area contributed by atoms with Gasteiger partial charge in [0.15, 0.2) is 0 Å². The number of nitrogens with one attached hydrogen (secondary N) is 1. The monoisotopic (exact) mass is 272 g/mol. The summed E-state index contributed by atoms with van der Waals surface area (Å²) in [5.74, 6) is 7.61. The summed E-state index contributed by atoms with van der Waals surface area (Å²) in [6.45, 7) is 2.21. The molecule has 4 nitrogen and oxygen atoms in total. The number of thioether (sulfide) groups is 1. The Morgan fingerprint density at radius 1 is 1.44 bits per heavy atom. The maximum absolute atomic E-state index is 5.65. The average Bonchev–Trinajstić information content (AvgIpc) is 2.42. The fourth-order valence-electron chi connectivity index (χ4n) is 2.48. The van der Waals surface area contributed by atoms with Crippen molar-refractivity contribution in [3.05, 3.63) is 0 Å². The number of hydrogen-bond acceptors (Lipinski definition) is 3. The fourth-order valence-corrected chi connectivity index (χ4v) is 3.33. The largest absolute Gasteiger partial charge is 0.341 e. The van der Waals surface area contributed by atoms with Crippen LogP contribution in [-0.2, 0) is 0 Å². The summed E-state index contributed by atoms with van der Waals surface area (Å²) >= 11 is 1.87. The molecule has 0 radical (unpaired) electrons. The minimum atomic E-state index is 0.457. The highest BCUT2D eigenvalue weighted by Crippen LogP contribution is 2.20. The van der Waals surface area contributed by atoms with E-state index in [0.29, 0.717) is 12.1 Å². The van der Waals surface area contributed by atoms with E-state index in [2.05, 4.69) is 30.6 Å². The zero-order chi connectivity index (χ0) is 13.4. The van der Waals surface area contributed by atoms with Gasteiger partial charge in [0.25, 0.3) is 0 Å². The van der Waals surface area contributed by atoms with Crippen molar-refractivity contribution in [3.8, 4) is 0 Å². The molecule has 1 atom stereocenters. The Labute approximate surface area is 116 Å². The second kappa shape index (κ2) is 8.64. The molecular formula is C13H28N4S. The Morgan fingerprint density at radius 2 is 2.11 bits per heavy atom. The Hall–Kier alpha value is -0.420. The van der Waals surface area contributed by atoms with Gasteiger partial charge in [0.2, 0.25) is 5.96 Å². The van der Waals surface area contributed by atoms with Gasteiger partial charge in [-0.1, -0.05) is 26.2 Å². The maximum Gasteiger partial charge on any atom is 0.208 e. The third-order valence-electron chi connectivity index (χ3n) is 3.72. The van der Waals surface area contributed by atoms with Gasteiger partial charge in [-0.05, 0) is 25.5 Å². The van der Waals surface area contributed by atoms with Crippen LogP contribution in [0.1, 0.15) is 45.4 Å². The summed E-state index contributed by atoms with van der Waals surface area (Å²) in [6.07, 6.45) is 9.64. The molecule has 1 unspecified atom stereocenters. The van der Waals surface area contributed by atoms with Gasteiger partial charge in [0, 0.05) is 18.8 Å². The molecule has 0 aromatic carbocycles. The van der Waals surface area contributed by atoms with Crippen molar-refractivity contribution >= 4 is 17.7 Å². The summed E-state index contributed by atoms with van der Waals surface area (Å²) in [6, 6.07) is 0.956. The predicted octanol–water partition coefficient (Wildman–Crippen LogP) is 2.21. The van der Waals surface area contributed by atoms with E-state index in [-0.39, 0.29) is 0 Å². The van der Waals surface area contributed by atoms with E-state index in [0.717, 1.165) is 18.1 Å². The van der Waals surface area contributed by atoms with E-state index in [9.17, 15) is 0 Å². The van der Waals surface area contributed by atoms with Crippen LogP contribution < -0.4 is 11.3 Å². The van der Waals surface area contributed by atoms with Crippen LogP contribution in [0.25, 0.3) is 0 Å². The first-order valence-electron chi connectivity index (χ1n) is 6.99. The molecule has 0 spiro atoms. The van der Waals surface area contributed by atoms with Gasteiger partial charge in [0.1, 0.15) is 0 Å². The maximum atomic E-state index is 5.65. The standard InChI is InChI=1S/C13H28N4S/c1-4-12(10-18-3)17(2)13(16-14)15-11-8-6-5-7-9-11/h11-12H,4-10,14H2,1-3H3,(H,15,16). The molecule has 1 aliphatic rings. The van der Waals surface area contributed by atoms with Crippen LogP contribution in [-0.4, -0.2) is 42.0 Å². The third-order valence-corrected chi connectivity index (χ3v) is 4.44. The zero-order valence-electron chi connectivity index (χ0n) is 12.0. The first kappa shape index (κ1) is 15.6. The van der Waals surface area contributed by atoms with Crippen molar-refractivity contribution in [2.75, 3.05) is 19.1 Å². The van der Waals surface area contributed by atoms with Crippen LogP contribution in [0.2, 0.25) is 0 Å². The summed E-state index contributed by atoms with van der Waals surface area (Å²) in [5.41, 5.74) is 2.79. The van der Waals surface area contributed by atoms with Crippen molar-refractivity contribution in [2.24, 2.45) is 10.8 Å². The molecule has 0 saturated heterocycles. The van der Waals surface area contributed by atoms with Gasteiger partial charge < -0.3 is 4.90 Å². The van der Waals surface area contributed by atoms with Crippen LogP contribution >= 0.6 is 11.8 Å². The summed E-state index contributed by atoms with van der Waals surface area (Å²) in [5, 5.41) is 0. The molecular weight excluding hydrogens is 244 g/mol. The van der Waals surface area contributed by atoms with Crippen molar-refractivity contribution in [1.82, 2.24) is 10.3 Å². The lowest BCUT2D eigenvalue weighted by molar-refractivity contribution is 0.364. The van der Waals surface area contributed by atoms with Crippen LogP contribution in [0.5, 0.6) is 0 Å². The number of nitrogens with zero attached hydrogens (tertiary/aromatic N) is 2. The molecule has 0 amide bonds. The minimum Gasteiger partial charge on any atom is -0.341 e. The molecule has 18 heavy (non-hydrogen) atoms. The van der Waals surface area contributed by atoms with Crippen molar-refractivity contribution in [1.29, 1.82) is 0 Å². The second-order valence-electron chi connectivity index (χ2n) is 5.02. The molecule has 1 saturated carbocycles. The lowest BCUT2D eigenvalue weighted by Gasteiger charge is -2.30. The first-order chi connectivity index (χ1) is 8.72. The third kappa shape index (κ3) is 4.69. The number of rotatable bonds is 5. The molecule has 1 rings (SSSR count). The minimum absolute atomic E-state index is 0.457. The first-order valence-corrected chi connectivity index (χ1v) is 8.38. The van der Waals surface area contributed by atoms with E-state index < -0.39 is 0 Å². The highest BCUT2D eigenvalue weighted by atomic mass is 32.2. The Morgan fingerprint density at radius 3 is 2.61 bits per heavy atom. The van der Waals surface area contributed by atoms with Crippen LogP contribution in [0.3, 0.4) is 0 Å². The number of nitrogens with two attached hydrogens (primary N) is 1. The second-order valence-corrected chi connectivity index (χ2v) is 5.93. The van der Waals surface area contributed by atoms with E-state index in [1.54, 1.807) is 0 Å². The average molecular weight is 272 g/mol. The topological polar surface area (TPSA) is 53.6 Å². The highest BCUT2D eigenvalue weighted by Gasteiger charge is 2.18. The van der Waals surface area contributed by atoms with Crippen LogP contribution in [0.4, 0.5) is 0 Å². The zero-order valence-corrected chi connectivity index (χ0v) is 12.8. The lowest BCUT2D eigenvalue weighted by atomic mass is 9.96. The quantitative estimate of drug-likeness (QED) is 0.349. The van der Waals surface area contributed by atoms with Gasteiger partial charge in [0.05, 0.1) is 6.04 Å². The number of hydrazine groups is 1. The number of aliphatic imine (C=N–C) groups is 1. The van der Waals surface area contributed by atoms with E-state index in [4.69, 9.17) is 10.8 Å². The predicted molar refractivity (Wildman–Crippen MR) is 81.9 cm³/mol. The van der Waals surface area contributed by atoms with Crippen LogP contribution in [0.15, 0.2) is 4.99 Å². The van der Waals surface area contributed by atoms with Gasteiger partial charge >= 0.3 is 0 Å². The molecule has 0 heterocycles. The van der Waals surface area contributed by atoms with E-state index >= 15 is 0 Å². The number of hydrogen-bond donors (Lipinski definition) is 2. The SMILES string of the molecule is CCC(CSC)N(C)C(=NC1CCCCC1)NN. The summed E-state index contributed by atoms with van der Waals surface area (Å²) < 4.78 is 0. The van der Waals surface area contributed by atoms with E-state index in [1.165, 1.54) is 32.1 Å². The molecule has 0 aromatic heterocycles. The van der Waals surface area contributed by atoms with Gasteiger partial charge in [-0.2, -0.15) is 11.8 Å². The van der Waals surface area contributed by atoms with Crippen molar-refractivity contribution in [3.63, 3.8) is 0 Å². The van der Waals surface area contributed by atoms with Gasteiger partial charge in [-0.15, -0.1) is 0 Å². The molecule has 5 heteroatoms. The smallest absolute Gasteiger partial charge is 0.208 e. The molecule has 0 aliphatic heterocycles. The Kier molecular flexibility index (Phi) is 7.51. The van der Waals surface area contributed by atoms with Crippen molar-refractivity contribution in [2.45, 2.75) is 57.5 Å². The molecule has 0 bridgehead atoms. The normalized spacial score (nSPS) is 19.7. The molecule has 0 aromatic rings. The van der Waals surface area contributed by atoms with Crippen molar-refractivity contribution < 1.29 is 0 Å². The Balaban J connectivity index is 2.64. The fraction of sp³-hybridized carbons (Fsp3) is 0.923. The summed E-state index contributed by atoms with van der Waals surface area (Å²) in [7, 11) is 2.09. The molecule has 106 valence electrons. The Bertz CT molecular complexity index is 251. The summed E-state index contributed by atoms with van der Waals surface area (Å²) in [4.78, 5) is 7.00. The van der Waals surface area contributed by atoms with Gasteiger partial charge in [-0.3, -0.25) is 5.43 Å². The number of guanidine groups is 1. The van der Waals surface area contributed by atoms with Gasteiger partial charge in [-0.25, -0.2) is 10.8 Å². The highest BCUT2D eigenvalue weighted by molar-refractivity contribution is 7.98. The van der Waals surface area contributed by atoms with Crippen LogP contribution in [0, 0.1) is 0 Å². The molecule has 3 N–H and O–H groups in total. The molecule has 1 aliphatic carbocycles. The molecule has 1 fully saturated rings. The lowest BCUT2D eigenvalue weighted by Crippen LogP contribution is -2.48.